The van der Waals surface area contributed by atoms with Crippen LogP contribution in [0.5, 0.6) is 0 Å². The molecule has 3 rings (SSSR count). The molecule has 1 saturated heterocycles. The molecule has 1 fully saturated rings. The Labute approximate surface area is 169 Å². The molecular formula is C22H34N6. The molecule has 0 radical (unpaired) electrons. The number of para-hydroxylation sites is 1. The summed E-state index contributed by atoms with van der Waals surface area (Å²) >= 11 is 0. The van der Waals surface area contributed by atoms with E-state index in [4.69, 9.17) is 4.98 Å². The molecule has 0 atom stereocenters. The van der Waals surface area contributed by atoms with E-state index in [9.17, 15) is 0 Å². The molecule has 152 valence electrons. The molecule has 6 nitrogen and oxygen atoms in total. The minimum absolute atomic E-state index is 0.492. The number of likely N-dealkylation sites (tertiary alicyclic amines) is 1. The lowest BCUT2D eigenvalue weighted by Gasteiger charge is -2.32. The first-order chi connectivity index (χ1) is 13.6. The van der Waals surface area contributed by atoms with Crippen molar-refractivity contribution in [3.63, 3.8) is 0 Å². The summed E-state index contributed by atoms with van der Waals surface area (Å²) in [5.74, 6) is 1.85. The molecule has 1 aromatic carbocycles. The van der Waals surface area contributed by atoms with Crippen LogP contribution in [0.1, 0.15) is 31.7 Å². The number of nitrogens with zero attached hydrogens (tertiary/aromatic N) is 4. The molecule has 0 aliphatic carbocycles. The predicted octanol–water partition coefficient (Wildman–Crippen LogP) is 2.84. The van der Waals surface area contributed by atoms with Crippen LogP contribution in [0.15, 0.2) is 35.3 Å². The largest absolute Gasteiger partial charge is 0.363 e. The number of hydrogen-bond donors (Lipinski definition) is 2. The van der Waals surface area contributed by atoms with Gasteiger partial charge in [0.25, 0.3) is 0 Å². The van der Waals surface area contributed by atoms with Crippen LogP contribution in [0, 0.1) is 0 Å². The van der Waals surface area contributed by atoms with Gasteiger partial charge in [-0.3, -0.25) is 4.99 Å². The average molecular weight is 383 g/mol. The van der Waals surface area contributed by atoms with Crippen molar-refractivity contribution in [1.82, 2.24) is 20.5 Å². The van der Waals surface area contributed by atoms with Gasteiger partial charge in [0.05, 0.1) is 5.52 Å². The summed E-state index contributed by atoms with van der Waals surface area (Å²) in [5.41, 5.74) is 2.26. The van der Waals surface area contributed by atoms with Gasteiger partial charge in [-0.15, -0.1) is 0 Å². The quantitative estimate of drug-likeness (QED) is 0.594. The number of aromatic nitrogens is 1. The van der Waals surface area contributed by atoms with Crippen LogP contribution in [0.3, 0.4) is 0 Å². The molecule has 1 aromatic heterocycles. The zero-order valence-corrected chi connectivity index (χ0v) is 17.7. The summed E-state index contributed by atoms with van der Waals surface area (Å²) < 4.78 is 0. The Hall–Kier alpha value is -2.34. The molecule has 0 bridgehead atoms. The number of fused-ring (bicyclic) bond motifs is 1. The lowest BCUT2D eigenvalue weighted by molar-refractivity contribution is 0.206. The highest BCUT2D eigenvalue weighted by atomic mass is 15.2. The topological polar surface area (TPSA) is 55.8 Å². The average Bonchev–Trinajstić information content (AvgIpc) is 2.72. The predicted molar refractivity (Wildman–Crippen MR) is 119 cm³/mol. The van der Waals surface area contributed by atoms with E-state index in [2.05, 4.69) is 51.7 Å². The van der Waals surface area contributed by atoms with Crippen LogP contribution in [-0.2, 0) is 6.54 Å². The van der Waals surface area contributed by atoms with Crippen LogP contribution >= 0.6 is 0 Å². The summed E-state index contributed by atoms with van der Waals surface area (Å²) in [6.07, 6.45) is 3.57. The smallest absolute Gasteiger partial charge is 0.191 e. The summed E-state index contributed by atoms with van der Waals surface area (Å²) in [7, 11) is 5.90. The monoisotopic (exact) mass is 382 g/mol. The third-order valence-electron chi connectivity index (χ3n) is 5.38. The van der Waals surface area contributed by atoms with Gasteiger partial charge in [-0.1, -0.05) is 25.1 Å². The first kappa shape index (κ1) is 20.4. The van der Waals surface area contributed by atoms with Crippen LogP contribution in [0.4, 0.5) is 5.82 Å². The number of guanidine groups is 1. The molecule has 2 heterocycles. The van der Waals surface area contributed by atoms with E-state index in [-0.39, 0.29) is 0 Å². The van der Waals surface area contributed by atoms with Crippen molar-refractivity contribution in [2.24, 2.45) is 4.99 Å². The summed E-state index contributed by atoms with van der Waals surface area (Å²) in [6.45, 7) is 6.52. The first-order valence-corrected chi connectivity index (χ1v) is 10.4. The van der Waals surface area contributed by atoms with Crippen LogP contribution in [0.25, 0.3) is 10.9 Å². The van der Waals surface area contributed by atoms with Crippen molar-refractivity contribution in [2.45, 2.75) is 38.8 Å². The number of anilines is 1. The van der Waals surface area contributed by atoms with Gasteiger partial charge in [0.15, 0.2) is 5.96 Å². The van der Waals surface area contributed by atoms with Crippen LogP contribution in [0.2, 0.25) is 0 Å². The van der Waals surface area contributed by atoms with E-state index in [0.29, 0.717) is 6.04 Å². The van der Waals surface area contributed by atoms with E-state index in [1.54, 1.807) is 0 Å². The fraction of sp³-hybridized carbons (Fsp3) is 0.545. The number of nitrogens with one attached hydrogen (secondary N) is 2. The second kappa shape index (κ2) is 9.73. The number of aliphatic imine (C=N–C) groups is 1. The van der Waals surface area contributed by atoms with Crippen molar-refractivity contribution in [3.05, 3.63) is 35.9 Å². The Balaban J connectivity index is 1.64. The van der Waals surface area contributed by atoms with Crippen LogP contribution in [-0.4, -0.2) is 62.7 Å². The van der Waals surface area contributed by atoms with Crippen molar-refractivity contribution in [3.8, 4) is 0 Å². The highest BCUT2D eigenvalue weighted by molar-refractivity contribution is 5.85. The number of hydrogen-bond acceptors (Lipinski definition) is 4. The Morgan fingerprint density at radius 1 is 1.25 bits per heavy atom. The molecule has 2 aromatic rings. The van der Waals surface area contributed by atoms with Crippen molar-refractivity contribution in [1.29, 1.82) is 0 Å². The molecule has 0 saturated carbocycles. The van der Waals surface area contributed by atoms with E-state index < -0.39 is 0 Å². The maximum Gasteiger partial charge on any atom is 0.191 e. The Morgan fingerprint density at radius 3 is 2.68 bits per heavy atom. The van der Waals surface area contributed by atoms with Gasteiger partial charge >= 0.3 is 0 Å². The van der Waals surface area contributed by atoms with E-state index in [0.717, 1.165) is 23.8 Å². The number of benzene rings is 1. The zero-order chi connectivity index (χ0) is 19.9. The van der Waals surface area contributed by atoms with Crippen molar-refractivity contribution >= 4 is 22.7 Å². The standard InChI is InChI=1S/C22H34N6/c1-5-12-28-13-10-18(11-14-28)25-22(23-2)24-16-17-15-21(27(3)4)26-20-9-7-6-8-19(17)20/h6-9,15,18H,5,10-14,16H2,1-4H3,(H2,23,24,25). The summed E-state index contributed by atoms with van der Waals surface area (Å²) in [5, 5.41) is 8.30. The van der Waals surface area contributed by atoms with Gasteiger partial charge in [-0.05, 0) is 43.5 Å². The Bertz CT molecular complexity index is 793. The van der Waals surface area contributed by atoms with Gasteiger partial charge in [0, 0.05) is 52.2 Å². The number of pyridine rings is 1. The lowest BCUT2D eigenvalue weighted by Crippen LogP contribution is -2.48. The zero-order valence-electron chi connectivity index (χ0n) is 17.7. The van der Waals surface area contributed by atoms with Crippen molar-refractivity contribution in [2.75, 3.05) is 45.7 Å². The molecule has 1 aliphatic rings. The SMILES string of the molecule is CCCN1CCC(NC(=NC)NCc2cc(N(C)C)nc3ccccc23)CC1. The molecule has 0 unspecified atom stereocenters. The minimum atomic E-state index is 0.492. The molecule has 1 aliphatic heterocycles. The maximum absolute atomic E-state index is 4.75. The van der Waals surface area contributed by atoms with Gasteiger partial charge in [-0.2, -0.15) is 0 Å². The minimum Gasteiger partial charge on any atom is -0.363 e. The molecule has 28 heavy (non-hydrogen) atoms. The fourth-order valence-electron chi connectivity index (χ4n) is 3.79. The second-order valence-electron chi connectivity index (χ2n) is 7.74. The van der Waals surface area contributed by atoms with Gasteiger partial charge in [0.2, 0.25) is 0 Å². The third kappa shape index (κ3) is 5.13. The first-order valence-electron chi connectivity index (χ1n) is 10.4. The van der Waals surface area contributed by atoms with E-state index in [1.807, 2.05) is 32.1 Å². The Morgan fingerprint density at radius 2 is 2.00 bits per heavy atom. The highest BCUT2D eigenvalue weighted by Crippen LogP contribution is 2.22. The third-order valence-corrected chi connectivity index (χ3v) is 5.38. The highest BCUT2D eigenvalue weighted by Gasteiger charge is 2.19. The van der Waals surface area contributed by atoms with Gasteiger partial charge in [0.1, 0.15) is 5.82 Å². The number of piperidine rings is 1. The second-order valence-corrected chi connectivity index (χ2v) is 7.74. The summed E-state index contributed by atoms with van der Waals surface area (Å²) in [6, 6.07) is 11.0. The fourth-order valence-corrected chi connectivity index (χ4v) is 3.79. The van der Waals surface area contributed by atoms with Gasteiger partial charge in [-0.25, -0.2) is 4.98 Å². The van der Waals surface area contributed by atoms with Crippen molar-refractivity contribution < 1.29 is 0 Å². The molecule has 2 N–H and O–H groups in total. The van der Waals surface area contributed by atoms with E-state index >= 15 is 0 Å². The van der Waals surface area contributed by atoms with Gasteiger partial charge < -0.3 is 20.4 Å². The molecule has 6 heteroatoms. The van der Waals surface area contributed by atoms with Crippen LogP contribution < -0.4 is 15.5 Å². The Kier molecular flexibility index (Phi) is 7.09. The molecular weight excluding hydrogens is 348 g/mol. The summed E-state index contributed by atoms with van der Waals surface area (Å²) in [4.78, 5) is 13.8. The normalized spacial score (nSPS) is 16.4. The molecule has 0 spiro atoms. The number of rotatable bonds is 6. The maximum atomic E-state index is 4.75. The lowest BCUT2D eigenvalue weighted by atomic mass is 10.1. The van der Waals surface area contributed by atoms with E-state index in [1.165, 1.54) is 49.8 Å². The molecule has 0 amide bonds.